The molecule has 7 heteroatoms. The first-order chi connectivity index (χ1) is 10.0. The summed E-state index contributed by atoms with van der Waals surface area (Å²) < 4.78 is 6.11. The van der Waals surface area contributed by atoms with Gasteiger partial charge in [-0.1, -0.05) is 27.5 Å². The van der Waals surface area contributed by atoms with Gasteiger partial charge in [0, 0.05) is 28.7 Å². The summed E-state index contributed by atoms with van der Waals surface area (Å²) in [6.45, 7) is 0.362. The maximum absolute atomic E-state index is 10.8. The SMILES string of the molecule is COc1ccc([N+](=O)[O-])cc1CNc1cc(Br)ccc1Cl. The molecule has 0 spiro atoms. The van der Waals surface area contributed by atoms with Gasteiger partial charge in [-0.15, -0.1) is 0 Å². The molecule has 2 aromatic carbocycles. The summed E-state index contributed by atoms with van der Waals surface area (Å²) in [5, 5.41) is 14.6. The second kappa shape index (κ2) is 6.78. The first-order valence-corrected chi connectivity index (χ1v) is 7.18. The van der Waals surface area contributed by atoms with Crippen LogP contribution < -0.4 is 10.1 Å². The van der Waals surface area contributed by atoms with Crippen LogP contribution in [-0.4, -0.2) is 12.0 Å². The summed E-state index contributed by atoms with van der Waals surface area (Å²) in [5.41, 5.74) is 1.44. The highest BCUT2D eigenvalue weighted by atomic mass is 79.9. The number of methoxy groups -OCH3 is 1. The zero-order chi connectivity index (χ0) is 15.4. The molecule has 0 amide bonds. The van der Waals surface area contributed by atoms with E-state index in [0.717, 1.165) is 10.2 Å². The Hall–Kier alpha value is -1.79. The third-order valence-corrected chi connectivity index (χ3v) is 3.70. The van der Waals surface area contributed by atoms with E-state index in [0.29, 0.717) is 22.9 Å². The van der Waals surface area contributed by atoms with Crippen molar-refractivity contribution in [3.05, 3.63) is 61.6 Å². The van der Waals surface area contributed by atoms with Crippen LogP contribution in [0.3, 0.4) is 0 Å². The average Bonchev–Trinajstić information content (AvgIpc) is 2.47. The molecule has 5 nitrogen and oxygen atoms in total. The van der Waals surface area contributed by atoms with Crippen molar-refractivity contribution in [1.29, 1.82) is 0 Å². The summed E-state index contributed by atoms with van der Waals surface area (Å²) in [6, 6.07) is 9.91. The number of rotatable bonds is 5. The molecule has 0 heterocycles. The fourth-order valence-corrected chi connectivity index (χ4v) is 2.39. The van der Waals surface area contributed by atoms with Gasteiger partial charge in [-0.05, 0) is 24.3 Å². The van der Waals surface area contributed by atoms with Gasteiger partial charge in [0.25, 0.3) is 5.69 Å². The van der Waals surface area contributed by atoms with Crippen LogP contribution in [-0.2, 0) is 6.54 Å². The van der Waals surface area contributed by atoms with Gasteiger partial charge in [-0.2, -0.15) is 0 Å². The van der Waals surface area contributed by atoms with Crippen LogP contribution in [0.25, 0.3) is 0 Å². The predicted octanol–water partition coefficient (Wildman–Crippen LogP) is 4.63. The smallest absolute Gasteiger partial charge is 0.270 e. The van der Waals surface area contributed by atoms with Crippen molar-refractivity contribution < 1.29 is 9.66 Å². The lowest BCUT2D eigenvalue weighted by Gasteiger charge is -2.12. The quantitative estimate of drug-likeness (QED) is 0.614. The molecular weight excluding hydrogens is 360 g/mol. The number of nitrogens with one attached hydrogen (secondary N) is 1. The largest absolute Gasteiger partial charge is 0.496 e. The molecule has 0 bridgehead atoms. The van der Waals surface area contributed by atoms with E-state index in [-0.39, 0.29) is 5.69 Å². The van der Waals surface area contributed by atoms with E-state index in [9.17, 15) is 10.1 Å². The molecule has 0 radical (unpaired) electrons. The fourth-order valence-electron chi connectivity index (χ4n) is 1.84. The minimum atomic E-state index is -0.435. The predicted molar refractivity (Wildman–Crippen MR) is 86.1 cm³/mol. The van der Waals surface area contributed by atoms with E-state index in [2.05, 4.69) is 21.2 Å². The van der Waals surface area contributed by atoms with Crippen LogP contribution in [0.5, 0.6) is 5.75 Å². The van der Waals surface area contributed by atoms with Gasteiger partial charge in [-0.25, -0.2) is 0 Å². The van der Waals surface area contributed by atoms with Crippen LogP contribution in [0, 0.1) is 10.1 Å². The fraction of sp³-hybridized carbons (Fsp3) is 0.143. The molecular formula is C14H12BrClN2O3. The van der Waals surface area contributed by atoms with E-state index < -0.39 is 4.92 Å². The monoisotopic (exact) mass is 370 g/mol. The second-order valence-corrected chi connectivity index (χ2v) is 5.55. The lowest BCUT2D eigenvalue weighted by atomic mass is 10.1. The van der Waals surface area contributed by atoms with E-state index >= 15 is 0 Å². The normalized spacial score (nSPS) is 10.2. The molecule has 2 rings (SSSR count). The number of nitro groups is 1. The Morgan fingerprint density at radius 2 is 2.10 bits per heavy atom. The summed E-state index contributed by atoms with van der Waals surface area (Å²) in [6.07, 6.45) is 0. The van der Waals surface area contributed by atoms with Crippen LogP contribution in [0.1, 0.15) is 5.56 Å². The molecule has 0 saturated carbocycles. The summed E-state index contributed by atoms with van der Waals surface area (Å²) >= 11 is 9.46. The number of hydrogen-bond acceptors (Lipinski definition) is 4. The molecule has 0 aliphatic carbocycles. The molecule has 1 N–H and O–H groups in total. The maximum atomic E-state index is 10.8. The van der Waals surface area contributed by atoms with Gasteiger partial charge in [0.15, 0.2) is 0 Å². The molecule has 0 aliphatic rings. The van der Waals surface area contributed by atoms with Crippen molar-refractivity contribution in [3.63, 3.8) is 0 Å². The highest BCUT2D eigenvalue weighted by Crippen LogP contribution is 2.28. The number of benzene rings is 2. The third-order valence-electron chi connectivity index (χ3n) is 2.87. The Morgan fingerprint density at radius 1 is 1.33 bits per heavy atom. The number of anilines is 1. The van der Waals surface area contributed by atoms with Gasteiger partial charge in [0.05, 0.1) is 22.7 Å². The molecule has 0 unspecified atom stereocenters. The summed E-state index contributed by atoms with van der Waals surface area (Å²) in [5.74, 6) is 0.583. The summed E-state index contributed by atoms with van der Waals surface area (Å²) in [4.78, 5) is 10.4. The number of hydrogen-bond donors (Lipinski definition) is 1. The Labute approximate surface area is 135 Å². The van der Waals surface area contributed by atoms with Gasteiger partial charge in [-0.3, -0.25) is 10.1 Å². The van der Waals surface area contributed by atoms with Crippen molar-refractivity contribution in [2.75, 3.05) is 12.4 Å². The van der Waals surface area contributed by atoms with Crippen molar-refractivity contribution in [1.82, 2.24) is 0 Å². The molecule has 0 saturated heterocycles. The highest BCUT2D eigenvalue weighted by molar-refractivity contribution is 9.10. The van der Waals surface area contributed by atoms with E-state index in [4.69, 9.17) is 16.3 Å². The van der Waals surface area contributed by atoms with Gasteiger partial charge in [0.2, 0.25) is 0 Å². The van der Waals surface area contributed by atoms with E-state index in [1.54, 1.807) is 12.1 Å². The van der Waals surface area contributed by atoms with E-state index in [1.165, 1.54) is 19.2 Å². The van der Waals surface area contributed by atoms with Crippen molar-refractivity contribution in [3.8, 4) is 5.75 Å². The Bertz CT molecular complexity index is 679. The number of ether oxygens (including phenoxy) is 1. The minimum Gasteiger partial charge on any atom is -0.496 e. The van der Waals surface area contributed by atoms with Crippen molar-refractivity contribution in [2.45, 2.75) is 6.54 Å². The maximum Gasteiger partial charge on any atom is 0.270 e. The number of non-ortho nitro benzene ring substituents is 1. The zero-order valence-electron chi connectivity index (χ0n) is 11.1. The van der Waals surface area contributed by atoms with Crippen LogP contribution in [0.4, 0.5) is 11.4 Å². The van der Waals surface area contributed by atoms with Crippen molar-refractivity contribution in [2.24, 2.45) is 0 Å². The topological polar surface area (TPSA) is 64.4 Å². The van der Waals surface area contributed by atoms with Crippen LogP contribution in [0.2, 0.25) is 5.02 Å². The van der Waals surface area contributed by atoms with Gasteiger partial charge in [0.1, 0.15) is 5.75 Å². The first-order valence-electron chi connectivity index (χ1n) is 6.01. The molecule has 21 heavy (non-hydrogen) atoms. The molecule has 110 valence electrons. The molecule has 0 fully saturated rings. The van der Waals surface area contributed by atoms with E-state index in [1.807, 2.05) is 12.1 Å². The molecule has 0 aliphatic heterocycles. The number of nitrogens with zero attached hydrogens (tertiary/aromatic N) is 1. The Morgan fingerprint density at radius 3 is 2.76 bits per heavy atom. The second-order valence-electron chi connectivity index (χ2n) is 4.23. The first kappa shape index (κ1) is 15.6. The zero-order valence-corrected chi connectivity index (χ0v) is 13.4. The molecule has 0 atom stereocenters. The van der Waals surface area contributed by atoms with Crippen molar-refractivity contribution >= 4 is 38.9 Å². The average molecular weight is 372 g/mol. The van der Waals surface area contributed by atoms with Crippen LogP contribution >= 0.6 is 27.5 Å². The standard InChI is InChI=1S/C14H12BrClN2O3/c1-21-14-5-3-11(18(19)20)6-9(14)8-17-13-7-10(15)2-4-12(13)16/h2-7,17H,8H2,1H3. The third kappa shape index (κ3) is 3.86. The van der Waals surface area contributed by atoms with Crippen LogP contribution in [0.15, 0.2) is 40.9 Å². The molecule has 0 aromatic heterocycles. The number of halogens is 2. The minimum absolute atomic E-state index is 0.0212. The summed E-state index contributed by atoms with van der Waals surface area (Å²) in [7, 11) is 1.52. The van der Waals surface area contributed by atoms with Gasteiger partial charge < -0.3 is 10.1 Å². The Kier molecular flexibility index (Phi) is 5.03. The molecule has 2 aromatic rings. The number of nitro benzene ring substituents is 1. The lowest BCUT2D eigenvalue weighted by molar-refractivity contribution is -0.384. The lowest BCUT2D eigenvalue weighted by Crippen LogP contribution is -2.03. The van der Waals surface area contributed by atoms with Gasteiger partial charge >= 0.3 is 0 Å². The Balaban J connectivity index is 2.24. The highest BCUT2D eigenvalue weighted by Gasteiger charge is 2.11.